The summed E-state index contributed by atoms with van der Waals surface area (Å²) in [5.41, 5.74) is 7.57. The minimum atomic E-state index is -0.576. The smallest absolute Gasteiger partial charge is 0.106 e. The van der Waals surface area contributed by atoms with E-state index in [2.05, 4.69) is 11.1 Å². The Balaban J connectivity index is 2.36. The van der Waals surface area contributed by atoms with Crippen molar-refractivity contribution in [2.75, 3.05) is 5.73 Å². The molecule has 0 aromatic heterocycles. The van der Waals surface area contributed by atoms with Gasteiger partial charge in [-0.25, -0.2) is 0 Å². The summed E-state index contributed by atoms with van der Waals surface area (Å²) in [6.45, 7) is 0. The molecule has 0 heterocycles. The third kappa shape index (κ3) is 3.66. The molecule has 2 aromatic carbocycles. The van der Waals surface area contributed by atoms with Gasteiger partial charge in [-0.1, -0.05) is 23.7 Å². The first kappa shape index (κ1) is 16.0. The van der Waals surface area contributed by atoms with Crippen molar-refractivity contribution >= 4 is 29.2 Å². The van der Waals surface area contributed by atoms with Crippen LogP contribution in [0.2, 0.25) is 5.02 Å². The lowest BCUT2D eigenvalue weighted by Crippen LogP contribution is -1.97. The molecule has 110 valence electrons. The number of hydrogen-bond donors (Lipinski definition) is 1. The standard InChI is InChI=1S/C17H10ClN5/c18-15-3-1-11(2-4-15)14(9-21)10-23-17-6-13(8-20)12(7-19)5-16(17)22/h1-6,10,14H,22H2. The lowest BCUT2D eigenvalue weighted by atomic mass is 10.0. The number of nitrogens with zero attached hydrogens (tertiary/aromatic N) is 4. The Labute approximate surface area is 138 Å². The SMILES string of the molecule is N#Cc1cc(N)c(N=CC(C#N)c2ccc(Cl)cc2)cc1C#N. The van der Waals surface area contributed by atoms with Gasteiger partial charge in [0.2, 0.25) is 0 Å². The molecule has 0 saturated heterocycles. The van der Waals surface area contributed by atoms with Crippen molar-refractivity contribution < 1.29 is 0 Å². The van der Waals surface area contributed by atoms with E-state index >= 15 is 0 Å². The number of anilines is 1. The maximum absolute atomic E-state index is 9.28. The Bertz CT molecular complexity index is 879. The van der Waals surface area contributed by atoms with Crippen LogP contribution in [0.1, 0.15) is 22.6 Å². The Morgan fingerprint density at radius 2 is 1.65 bits per heavy atom. The van der Waals surface area contributed by atoms with Gasteiger partial charge in [-0.15, -0.1) is 0 Å². The van der Waals surface area contributed by atoms with E-state index < -0.39 is 5.92 Å². The Morgan fingerprint density at radius 3 is 2.22 bits per heavy atom. The summed E-state index contributed by atoms with van der Waals surface area (Å²) in [4.78, 5) is 4.19. The van der Waals surface area contributed by atoms with Crippen molar-refractivity contribution in [2.45, 2.75) is 5.92 Å². The van der Waals surface area contributed by atoms with Crippen molar-refractivity contribution in [3.05, 3.63) is 58.1 Å². The van der Waals surface area contributed by atoms with E-state index in [-0.39, 0.29) is 16.8 Å². The van der Waals surface area contributed by atoms with Crippen LogP contribution in [0.15, 0.2) is 41.4 Å². The molecule has 2 rings (SSSR count). The molecule has 23 heavy (non-hydrogen) atoms. The summed E-state index contributed by atoms with van der Waals surface area (Å²) in [6.07, 6.45) is 1.45. The van der Waals surface area contributed by atoms with Crippen molar-refractivity contribution in [1.82, 2.24) is 0 Å². The fraction of sp³-hybridized carbons (Fsp3) is 0.0588. The molecule has 0 amide bonds. The van der Waals surface area contributed by atoms with Crippen LogP contribution in [0, 0.1) is 34.0 Å². The number of rotatable bonds is 3. The summed E-state index contributed by atoms with van der Waals surface area (Å²) in [7, 11) is 0. The Morgan fingerprint density at radius 1 is 1.04 bits per heavy atom. The minimum absolute atomic E-state index is 0.189. The maximum Gasteiger partial charge on any atom is 0.106 e. The van der Waals surface area contributed by atoms with Gasteiger partial charge in [0, 0.05) is 11.2 Å². The van der Waals surface area contributed by atoms with Gasteiger partial charge in [0.05, 0.1) is 28.6 Å². The van der Waals surface area contributed by atoms with E-state index in [0.717, 1.165) is 5.56 Å². The average Bonchev–Trinajstić information content (AvgIpc) is 2.57. The van der Waals surface area contributed by atoms with E-state index in [1.807, 2.05) is 12.1 Å². The highest BCUT2D eigenvalue weighted by molar-refractivity contribution is 6.30. The number of nitriles is 3. The first-order valence-corrected chi connectivity index (χ1v) is 6.89. The Kier molecular flexibility index (Phi) is 4.95. The highest BCUT2D eigenvalue weighted by Gasteiger charge is 2.10. The molecule has 0 aliphatic heterocycles. The van der Waals surface area contributed by atoms with Crippen LogP contribution in [0.5, 0.6) is 0 Å². The predicted molar refractivity (Wildman–Crippen MR) is 88.2 cm³/mol. The zero-order valence-corrected chi connectivity index (χ0v) is 12.6. The van der Waals surface area contributed by atoms with Gasteiger partial charge in [0.15, 0.2) is 0 Å². The topological polar surface area (TPSA) is 110 Å². The normalized spacial score (nSPS) is 11.4. The second-order valence-electron chi connectivity index (χ2n) is 4.62. The first-order valence-electron chi connectivity index (χ1n) is 6.52. The average molecular weight is 320 g/mol. The maximum atomic E-state index is 9.28. The molecule has 0 aliphatic rings. The molecular formula is C17H10ClN5. The van der Waals surface area contributed by atoms with Crippen LogP contribution < -0.4 is 5.73 Å². The molecule has 0 saturated carbocycles. The molecule has 0 radical (unpaired) electrons. The summed E-state index contributed by atoms with van der Waals surface area (Å²) in [5, 5.41) is 27.8. The second kappa shape index (κ2) is 7.09. The zero-order valence-electron chi connectivity index (χ0n) is 11.9. The molecule has 5 nitrogen and oxygen atoms in total. The number of hydrogen-bond acceptors (Lipinski definition) is 5. The van der Waals surface area contributed by atoms with Gasteiger partial charge in [-0.05, 0) is 29.8 Å². The van der Waals surface area contributed by atoms with Gasteiger partial charge in [0.1, 0.15) is 18.1 Å². The molecule has 1 unspecified atom stereocenters. The summed E-state index contributed by atoms with van der Waals surface area (Å²) < 4.78 is 0. The first-order chi connectivity index (χ1) is 11.1. The minimum Gasteiger partial charge on any atom is -0.397 e. The summed E-state index contributed by atoms with van der Waals surface area (Å²) in [5.74, 6) is -0.576. The molecule has 0 spiro atoms. The number of halogens is 1. The van der Waals surface area contributed by atoms with Gasteiger partial charge in [0.25, 0.3) is 0 Å². The van der Waals surface area contributed by atoms with Crippen molar-refractivity contribution in [3.8, 4) is 18.2 Å². The summed E-state index contributed by atoms with van der Waals surface area (Å²) in [6, 6.07) is 15.7. The molecule has 2 aromatic rings. The van der Waals surface area contributed by atoms with E-state index in [1.165, 1.54) is 18.3 Å². The zero-order chi connectivity index (χ0) is 16.8. The van der Waals surface area contributed by atoms with Crippen LogP contribution in [0.3, 0.4) is 0 Å². The molecule has 0 aliphatic carbocycles. The highest BCUT2D eigenvalue weighted by Crippen LogP contribution is 2.27. The molecule has 0 fully saturated rings. The van der Waals surface area contributed by atoms with Gasteiger partial charge in [-0.2, -0.15) is 15.8 Å². The third-order valence-electron chi connectivity index (χ3n) is 3.14. The molecule has 1 atom stereocenters. The fourth-order valence-corrected chi connectivity index (χ4v) is 2.05. The Hall–Kier alpha value is -3.33. The third-order valence-corrected chi connectivity index (χ3v) is 3.39. The number of nitrogen functional groups attached to an aromatic ring is 1. The van der Waals surface area contributed by atoms with Crippen LogP contribution in [-0.4, -0.2) is 6.21 Å². The van der Waals surface area contributed by atoms with Gasteiger partial charge < -0.3 is 5.73 Å². The summed E-state index contributed by atoms with van der Waals surface area (Å²) >= 11 is 5.83. The molecule has 6 heteroatoms. The van der Waals surface area contributed by atoms with E-state index in [4.69, 9.17) is 27.9 Å². The number of benzene rings is 2. The van der Waals surface area contributed by atoms with Gasteiger partial charge in [-0.3, -0.25) is 4.99 Å². The lowest BCUT2D eigenvalue weighted by Gasteiger charge is -2.05. The van der Waals surface area contributed by atoms with E-state index in [0.29, 0.717) is 10.7 Å². The molecule has 2 N–H and O–H groups in total. The molecule has 0 bridgehead atoms. The number of nitrogens with two attached hydrogens (primary N) is 1. The quantitative estimate of drug-likeness (QED) is 0.687. The van der Waals surface area contributed by atoms with Gasteiger partial charge >= 0.3 is 0 Å². The lowest BCUT2D eigenvalue weighted by molar-refractivity contribution is 1.17. The van der Waals surface area contributed by atoms with Crippen molar-refractivity contribution in [3.63, 3.8) is 0 Å². The molecular weight excluding hydrogens is 310 g/mol. The largest absolute Gasteiger partial charge is 0.397 e. The monoisotopic (exact) mass is 319 g/mol. The van der Waals surface area contributed by atoms with Crippen LogP contribution >= 0.6 is 11.6 Å². The van der Waals surface area contributed by atoms with Crippen LogP contribution in [0.25, 0.3) is 0 Å². The number of aliphatic imine (C=N–C) groups is 1. The van der Waals surface area contributed by atoms with Crippen LogP contribution in [-0.2, 0) is 0 Å². The van der Waals surface area contributed by atoms with Crippen LogP contribution in [0.4, 0.5) is 11.4 Å². The fourth-order valence-electron chi connectivity index (χ4n) is 1.92. The predicted octanol–water partition coefficient (Wildman–Crippen LogP) is 3.68. The van der Waals surface area contributed by atoms with E-state index in [1.54, 1.807) is 24.3 Å². The second-order valence-corrected chi connectivity index (χ2v) is 5.05. The highest BCUT2D eigenvalue weighted by atomic mass is 35.5. The van der Waals surface area contributed by atoms with Crippen molar-refractivity contribution in [2.24, 2.45) is 4.99 Å². The van der Waals surface area contributed by atoms with E-state index in [9.17, 15) is 5.26 Å². The van der Waals surface area contributed by atoms with Crippen molar-refractivity contribution in [1.29, 1.82) is 15.8 Å².